The van der Waals surface area contributed by atoms with Crippen LogP contribution in [-0.4, -0.2) is 17.9 Å². The number of ether oxygens (including phenoxy) is 1. The third-order valence-corrected chi connectivity index (χ3v) is 6.34. The smallest absolute Gasteiger partial charge is 0.265 e. The summed E-state index contributed by atoms with van der Waals surface area (Å²) >= 11 is 1.45. The normalized spacial score (nSPS) is 13.9. The fourth-order valence-corrected chi connectivity index (χ4v) is 4.84. The molecule has 3 aromatic rings. The summed E-state index contributed by atoms with van der Waals surface area (Å²) in [6, 6.07) is 9.04. The molecule has 0 saturated carbocycles. The molecule has 1 atom stereocenters. The van der Waals surface area contributed by atoms with Gasteiger partial charge in [-0.1, -0.05) is 0 Å². The predicted octanol–water partition coefficient (Wildman–Crippen LogP) is 4.70. The van der Waals surface area contributed by atoms with Gasteiger partial charge in [0.2, 0.25) is 0 Å². The number of furan rings is 1. The number of hydrogen-bond acceptors (Lipinski definition) is 5. The highest BCUT2D eigenvalue weighted by molar-refractivity contribution is 7.17. The van der Waals surface area contributed by atoms with E-state index in [0.717, 1.165) is 36.1 Å². The summed E-state index contributed by atoms with van der Waals surface area (Å²) in [5.41, 5.74) is 1.53. The van der Waals surface area contributed by atoms with E-state index in [4.69, 9.17) is 9.15 Å². The van der Waals surface area contributed by atoms with Crippen molar-refractivity contribution < 1.29 is 23.1 Å². The maximum atomic E-state index is 13.1. The molecule has 0 fully saturated rings. The SMILES string of the molecule is C[C@H](Oc1ccc(F)cc1)C(=O)Nc1sc2c(c1C(=O)NCc1ccco1)CCCC2. The lowest BCUT2D eigenvalue weighted by molar-refractivity contribution is -0.122. The highest BCUT2D eigenvalue weighted by atomic mass is 32.1. The van der Waals surface area contributed by atoms with Crippen molar-refractivity contribution in [1.82, 2.24) is 5.32 Å². The summed E-state index contributed by atoms with van der Waals surface area (Å²) in [6.07, 6.45) is 4.53. The molecule has 0 bridgehead atoms. The molecule has 2 aromatic heterocycles. The summed E-state index contributed by atoms with van der Waals surface area (Å²) in [5.74, 6) is 0.0651. The average molecular weight is 443 g/mol. The Balaban J connectivity index is 1.50. The van der Waals surface area contributed by atoms with Crippen molar-refractivity contribution in [3.63, 3.8) is 0 Å². The second kappa shape index (κ2) is 9.34. The van der Waals surface area contributed by atoms with Crippen LogP contribution in [0.4, 0.5) is 9.39 Å². The molecular formula is C23H23FN2O4S. The van der Waals surface area contributed by atoms with Crippen LogP contribution >= 0.6 is 11.3 Å². The van der Waals surface area contributed by atoms with Crippen molar-refractivity contribution in [2.45, 2.75) is 45.3 Å². The molecular weight excluding hydrogens is 419 g/mol. The lowest BCUT2D eigenvalue weighted by Crippen LogP contribution is -2.31. The maximum absolute atomic E-state index is 13.1. The zero-order valence-corrected chi connectivity index (χ0v) is 17.9. The summed E-state index contributed by atoms with van der Waals surface area (Å²) < 4.78 is 24.0. The Bertz CT molecular complexity index is 1060. The van der Waals surface area contributed by atoms with Crippen LogP contribution in [0.5, 0.6) is 5.75 Å². The standard InChI is InChI=1S/C23H23FN2O4S/c1-14(30-16-10-8-15(24)9-11-16)21(27)26-23-20(18-6-2-3-7-19(18)31-23)22(28)25-13-17-5-4-12-29-17/h4-5,8-12,14H,2-3,6-7,13H2,1H3,(H,25,28)(H,26,27)/t14-/m0/s1. The molecule has 2 amide bonds. The van der Waals surface area contributed by atoms with E-state index >= 15 is 0 Å². The molecule has 1 aliphatic rings. The van der Waals surface area contributed by atoms with Crippen LogP contribution in [0.1, 0.15) is 46.3 Å². The van der Waals surface area contributed by atoms with E-state index in [2.05, 4.69) is 10.6 Å². The van der Waals surface area contributed by atoms with Gasteiger partial charge in [-0.3, -0.25) is 9.59 Å². The van der Waals surface area contributed by atoms with Gasteiger partial charge in [-0.25, -0.2) is 4.39 Å². The molecule has 1 aliphatic carbocycles. The van der Waals surface area contributed by atoms with Crippen molar-refractivity contribution in [3.8, 4) is 5.75 Å². The van der Waals surface area contributed by atoms with Crippen molar-refractivity contribution in [2.24, 2.45) is 0 Å². The number of rotatable bonds is 7. The molecule has 31 heavy (non-hydrogen) atoms. The van der Waals surface area contributed by atoms with E-state index in [1.807, 2.05) is 0 Å². The van der Waals surface area contributed by atoms with Crippen molar-refractivity contribution >= 4 is 28.2 Å². The van der Waals surface area contributed by atoms with Crippen LogP contribution in [0.3, 0.4) is 0 Å². The zero-order chi connectivity index (χ0) is 21.8. The van der Waals surface area contributed by atoms with Gasteiger partial charge >= 0.3 is 0 Å². The van der Waals surface area contributed by atoms with E-state index in [1.165, 1.54) is 35.6 Å². The van der Waals surface area contributed by atoms with Crippen LogP contribution in [0.15, 0.2) is 47.1 Å². The highest BCUT2D eigenvalue weighted by Gasteiger charge is 2.27. The van der Waals surface area contributed by atoms with Gasteiger partial charge in [0, 0.05) is 4.88 Å². The van der Waals surface area contributed by atoms with Gasteiger partial charge in [-0.15, -0.1) is 11.3 Å². The Morgan fingerprint density at radius 3 is 2.71 bits per heavy atom. The zero-order valence-electron chi connectivity index (χ0n) is 17.1. The second-order valence-electron chi connectivity index (χ2n) is 7.38. The van der Waals surface area contributed by atoms with Gasteiger partial charge in [0.25, 0.3) is 11.8 Å². The number of halogens is 1. The number of aryl methyl sites for hydroxylation is 1. The molecule has 0 spiro atoms. The Morgan fingerprint density at radius 2 is 1.97 bits per heavy atom. The average Bonchev–Trinajstić information content (AvgIpc) is 3.41. The fourth-order valence-electron chi connectivity index (χ4n) is 3.55. The van der Waals surface area contributed by atoms with Crippen LogP contribution in [-0.2, 0) is 24.2 Å². The topological polar surface area (TPSA) is 80.6 Å². The van der Waals surface area contributed by atoms with Crippen molar-refractivity contribution in [2.75, 3.05) is 5.32 Å². The molecule has 2 N–H and O–H groups in total. The quantitative estimate of drug-likeness (QED) is 0.556. The summed E-state index contributed by atoms with van der Waals surface area (Å²) in [6.45, 7) is 1.89. The van der Waals surface area contributed by atoms with Gasteiger partial charge in [-0.2, -0.15) is 0 Å². The van der Waals surface area contributed by atoms with Crippen molar-refractivity contribution in [3.05, 3.63) is 70.2 Å². The molecule has 4 rings (SSSR count). The van der Waals surface area contributed by atoms with Crippen LogP contribution in [0.2, 0.25) is 0 Å². The summed E-state index contributed by atoms with van der Waals surface area (Å²) in [7, 11) is 0. The minimum Gasteiger partial charge on any atom is -0.481 e. The number of benzene rings is 1. The Hall–Kier alpha value is -3.13. The number of anilines is 1. The van der Waals surface area contributed by atoms with Gasteiger partial charge in [0.05, 0.1) is 18.4 Å². The predicted molar refractivity (Wildman–Crippen MR) is 116 cm³/mol. The van der Waals surface area contributed by atoms with Crippen molar-refractivity contribution in [1.29, 1.82) is 0 Å². The first-order valence-corrected chi connectivity index (χ1v) is 11.0. The number of fused-ring (bicyclic) bond motifs is 1. The number of thiophene rings is 1. The number of amides is 2. The van der Waals surface area contributed by atoms with Crippen LogP contribution < -0.4 is 15.4 Å². The minimum absolute atomic E-state index is 0.238. The first-order chi connectivity index (χ1) is 15.0. The van der Waals surface area contributed by atoms with E-state index in [0.29, 0.717) is 22.1 Å². The Labute approximate surface area is 183 Å². The fraction of sp³-hybridized carbons (Fsp3) is 0.304. The van der Waals surface area contributed by atoms with E-state index in [9.17, 15) is 14.0 Å². The number of nitrogens with one attached hydrogen (secondary N) is 2. The second-order valence-corrected chi connectivity index (χ2v) is 8.49. The first-order valence-electron chi connectivity index (χ1n) is 10.2. The van der Waals surface area contributed by atoms with Gasteiger partial charge in [0.1, 0.15) is 22.3 Å². The minimum atomic E-state index is -0.816. The molecule has 8 heteroatoms. The van der Waals surface area contributed by atoms with E-state index < -0.39 is 6.10 Å². The van der Waals surface area contributed by atoms with E-state index in [1.54, 1.807) is 25.3 Å². The molecule has 162 valence electrons. The van der Waals surface area contributed by atoms with E-state index in [-0.39, 0.29) is 24.2 Å². The molecule has 0 aliphatic heterocycles. The molecule has 2 heterocycles. The van der Waals surface area contributed by atoms with Crippen LogP contribution in [0.25, 0.3) is 0 Å². The Morgan fingerprint density at radius 1 is 1.19 bits per heavy atom. The van der Waals surface area contributed by atoms with Gasteiger partial charge in [0.15, 0.2) is 6.10 Å². The lowest BCUT2D eigenvalue weighted by atomic mass is 9.95. The molecule has 0 unspecified atom stereocenters. The highest BCUT2D eigenvalue weighted by Crippen LogP contribution is 2.38. The first kappa shape index (κ1) is 21.1. The van der Waals surface area contributed by atoms with Gasteiger partial charge < -0.3 is 19.8 Å². The summed E-state index contributed by atoms with van der Waals surface area (Å²) in [5, 5.41) is 6.28. The summed E-state index contributed by atoms with van der Waals surface area (Å²) in [4.78, 5) is 26.9. The third kappa shape index (κ3) is 4.96. The third-order valence-electron chi connectivity index (χ3n) is 5.13. The Kier molecular flexibility index (Phi) is 6.36. The number of carbonyl (C=O) groups excluding carboxylic acids is 2. The maximum Gasteiger partial charge on any atom is 0.265 e. The molecule has 0 saturated heterocycles. The lowest BCUT2D eigenvalue weighted by Gasteiger charge is -2.15. The molecule has 6 nitrogen and oxygen atoms in total. The number of carbonyl (C=O) groups is 2. The molecule has 1 aromatic carbocycles. The number of hydrogen-bond donors (Lipinski definition) is 2. The molecule has 0 radical (unpaired) electrons. The monoisotopic (exact) mass is 442 g/mol. The van der Waals surface area contributed by atoms with Gasteiger partial charge in [-0.05, 0) is 74.6 Å². The largest absolute Gasteiger partial charge is 0.481 e. The van der Waals surface area contributed by atoms with Crippen LogP contribution in [0, 0.1) is 5.82 Å².